The van der Waals surface area contributed by atoms with Gasteiger partial charge in [0.25, 0.3) is 0 Å². The van der Waals surface area contributed by atoms with Gasteiger partial charge < -0.3 is 4.74 Å². The second-order valence-corrected chi connectivity index (χ2v) is 4.36. The van der Waals surface area contributed by atoms with Crippen LogP contribution in [0.15, 0.2) is 39.9 Å². The van der Waals surface area contributed by atoms with E-state index in [-0.39, 0.29) is 11.4 Å². The van der Waals surface area contributed by atoms with Crippen LogP contribution in [0.4, 0.5) is 4.79 Å². The lowest BCUT2D eigenvalue weighted by Crippen LogP contribution is -2.46. The number of hydrogen-bond donors (Lipinski definition) is 1. The molecule has 0 fully saturated rings. The fraction of sp³-hybridized carbons (Fsp3) is 0.167. The maximum atomic E-state index is 11.6. The van der Waals surface area contributed by atoms with Crippen molar-refractivity contribution < 1.29 is 14.4 Å². The molecule has 0 saturated carbocycles. The lowest BCUT2D eigenvalue weighted by atomic mass is 10.2. The number of hydrogen-bond acceptors (Lipinski definition) is 6. The molecule has 0 saturated heterocycles. The number of aromatic amines is 1. The topological polar surface area (TPSA) is 95.3 Å². The molecule has 1 aromatic heterocycles. The quantitative estimate of drug-likeness (QED) is 0.500. The molecule has 1 aromatic carbocycles. The van der Waals surface area contributed by atoms with Crippen LogP contribution in [0.5, 0.6) is 0 Å². The zero-order chi connectivity index (χ0) is 15.4. The average molecular weight is 309 g/mol. The Bertz CT molecular complexity index is 821. The van der Waals surface area contributed by atoms with E-state index >= 15 is 0 Å². The zero-order valence-electron chi connectivity index (χ0n) is 10.9. The average Bonchev–Trinajstić information content (AvgIpc) is 2.48. The molecule has 0 aliphatic carbocycles. The van der Waals surface area contributed by atoms with E-state index in [0.717, 1.165) is 10.2 Å². The van der Waals surface area contributed by atoms with E-state index in [1.165, 1.54) is 7.05 Å². The van der Waals surface area contributed by atoms with Gasteiger partial charge in [0, 0.05) is 7.05 Å². The fourth-order valence-corrected chi connectivity index (χ4v) is 1.62. The summed E-state index contributed by atoms with van der Waals surface area (Å²) < 4.78 is 5.77. The summed E-state index contributed by atoms with van der Waals surface area (Å²) in [4.78, 5) is 41.6. The van der Waals surface area contributed by atoms with Crippen molar-refractivity contribution in [3.63, 3.8) is 0 Å². The highest BCUT2D eigenvalue weighted by Crippen LogP contribution is 2.00. The van der Waals surface area contributed by atoms with Crippen LogP contribution < -0.4 is 16.0 Å². The molecule has 0 unspecified atom stereocenters. The maximum absolute atomic E-state index is 11.6. The molecular weight excluding hydrogens is 298 g/mol. The van der Waals surface area contributed by atoms with Gasteiger partial charge in [-0.1, -0.05) is 35.2 Å². The molecule has 8 nitrogen and oxygen atoms in total. The SMILES string of the molecule is Cn1c(=S)[nH]c(=O)c(=O)n1OC(=O)OCc1ccccc1. The Morgan fingerprint density at radius 3 is 2.62 bits per heavy atom. The fourth-order valence-electron chi connectivity index (χ4n) is 1.45. The minimum absolute atomic E-state index is 0.0257. The van der Waals surface area contributed by atoms with Crippen molar-refractivity contribution in [2.45, 2.75) is 6.61 Å². The van der Waals surface area contributed by atoms with Crippen molar-refractivity contribution in [3.8, 4) is 0 Å². The number of H-pyrrole nitrogens is 1. The molecule has 9 heteroatoms. The summed E-state index contributed by atoms with van der Waals surface area (Å²) >= 11 is 4.80. The lowest BCUT2D eigenvalue weighted by molar-refractivity contribution is 0.0160. The molecule has 110 valence electrons. The maximum Gasteiger partial charge on any atom is 0.535 e. The van der Waals surface area contributed by atoms with Crippen LogP contribution in [-0.2, 0) is 18.4 Å². The van der Waals surface area contributed by atoms with E-state index < -0.39 is 17.3 Å². The van der Waals surface area contributed by atoms with Crippen molar-refractivity contribution in [2.75, 3.05) is 0 Å². The number of benzene rings is 1. The number of nitrogens with one attached hydrogen (secondary N) is 1. The van der Waals surface area contributed by atoms with Gasteiger partial charge >= 0.3 is 17.3 Å². The van der Waals surface area contributed by atoms with Gasteiger partial charge in [-0.2, -0.15) is 0 Å². The Labute approximate surface area is 123 Å². The van der Waals surface area contributed by atoms with E-state index in [1.54, 1.807) is 24.3 Å². The van der Waals surface area contributed by atoms with Crippen LogP contribution in [-0.4, -0.2) is 20.7 Å². The first-order chi connectivity index (χ1) is 9.99. The molecule has 1 N–H and O–H groups in total. The number of carbonyl (C=O) groups is 1. The number of nitrogens with zero attached hydrogens (tertiary/aromatic N) is 2. The van der Waals surface area contributed by atoms with E-state index in [9.17, 15) is 14.4 Å². The van der Waals surface area contributed by atoms with Gasteiger partial charge in [-0.3, -0.25) is 19.4 Å². The number of carbonyl (C=O) groups excluding carboxylic acids is 1. The Hall–Kier alpha value is -2.68. The first kappa shape index (κ1) is 14.7. The van der Waals surface area contributed by atoms with Crippen molar-refractivity contribution in [1.29, 1.82) is 0 Å². The van der Waals surface area contributed by atoms with Crippen LogP contribution in [0.3, 0.4) is 0 Å². The molecule has 0 spiro atoms. The third-order valence-electron chi connectivity index (χ3n) is 2.52. The molecule has 0 amide bonds. The van der Waals surface area contributed by atoms with Gasteiger partial charge in [0.2, 0.25) is 0 Å². The summed E-state index contributed by atoms with van der Waals surface area (Å²) in [6.45, 7) is -0.0257. The first-order valence-electron chi connectivity index (χ1n) is 5.80. The number of aromatic nitrogens is 3. The van der Waals surface area contributed by atoms with Crippen molar-refractivity contribution >= 4 is 18.4 Å². The molecule has 0 bridgehead atoms. The first-order valence-corrected chi connectivity index (χ1v) is 6.21. The summed E-state index contributed by atoms with van der Waals surface area (Å²) in [6, 6.07) is 8.91. The van der Waals surface area contributed by atoms with E-state index in [4.69, 9.17) is 17.0 Å². The van der Waals surface area contributed by atoms with E-state index in [1.807, 2.05) is 6.07 Å². The van der Waals surface area contributed by atoms with Crippen LogP contribution in [0.1, 0.15) is 5.56 Å². The summed E-state index contributed by atoms with van der Waals surface area (Å²) in [5.74, 6) is 0. The highest BCUT2D eigenvalue weighted by molar-refractivity contribution is 7.71. The van der Waals surface area contributed by atoms with Crippen LogP contribution in [0.2, 0.25) is 0 Å². The van der Waals surface area contributed by atoms with E-state index in [0.29, 0.717) is 4.85 Å². The molecule has 1 heterocycles. The highest BCUT2D eigenvalue weighted by Gasteiger charge is 2.12. The second kappa shape index (κ2) is 6.18. The smallest absolute Gasteiger partial charge is 0.428 e. The predicted molar refractivity (Wildman–Crippen MR) is 74.3 cm³/mol. The van der Waals surface area contributed by atoms with Gasteiger partial charge in [0.05, 0.1) is 0 Å². The molecule has 0 aliphatic heterocycles. The summed E-state index contributed by atoms with van der Waals surface area (Å²) in [5.41, 5.74) is -1.32. The predicted octanol–water partition coefficient (Wildman–Crippen LogP) is 0.370. The van der Waals surface area contributed by atoms with Crippen molar-refractivity contribution in [3.05, 3.63) is 61.4 Å². The van der Waals surface area contributed by atoms with Gasteiger partial charge in [0.15, 0.2) is 4.77 Å². The Kier molecular flexibility index (Phi) is 4.33. The molecule has 0 radical (unpaired) electrons. The van der Waals surface area contributed by atoms with Gasteiger partial charge in [0.1, 0.15) is 6.61 Å². The number of rotatable bonds is 3. The minimum Gasteiger partial charge on any atom is -0.428 e. The van der Waals surface area contributed by atoms with Gasteiger partial charge in [-0.15, -0.1) is 0 Å². The third kappa shape index (κ3) is 3.45. The highest BCUT2D eigenvalue weighted by atomic mass is 32.1. The molecule has 0 aliphatic rings. The monoisotopic (exact) mass is 309 g/mol. The van der Waals surface area contributed by atoms with Gasteiger partial charge in [-0.25, -0.2) is 9.48 Å². The van der Waals surface area contributed by atoms with Crippen molar-refractivity contribution in [2.24, 2.45) is 7.05 Å². The Morgan fingerprint density at radius 1 is 1.29 bits per heavy atom. The van der Waals surface area contributed by atoms with E-state index in [2.05, 4.69) is 9.82 Å². The number of ether oxygens (including phenoxy) is 1. The molecular formula is C12H11N3O5S. The Morgan fingerprint density at radius 2 is 1.95 bits per heavy atom. The second-order valence-electron chi connectivity index (χ2n) is 3.98. The summed E-state index contributed by atoms with van der Waals surface area (Å²) in [7, 11) is 1.35. The zero-order valence-corrected chi connectivity index (χ0v) is 11.8. The standard InChI is InChI=1S/C12H11N3O5S/c1-14-11(21)13-9(16)10(17)15(14)20-12(18)19-7-8-5-3-2-4-6-8/h2-6H,7H2,1H3,(H,13,16,21). The Balaban J connectivity index is 2.12. The minimum atomic E-state index is -1.13. The molecule has 2 rings (SSSR count). The lowest BCUT2D eigenvalue weighted by Gasteiger charge is -2.10. The van der Waals surface area contributed by atoms with Crippen molar-refractivity contribution in [1.82, 2.24) is 14.5 Å². The summed E-state index contributed by atoms with van der Waals surface area (Å²) in [6.07, 6.45) is -1.13. The van der Waals surface area contributed by atoms with Crippen LogP contribution >= 0.6 is 12.2 Å². The third-order valence-corrected chi connectivity index (χ3v) is 2.88. The molecule has 21 heavy (non-hydrogen) atoms. The van der Waals surface area contributed by atoms with Gasteiger partial charge in [-0.05, 0) is 17.8 Å². The normalized spacial score (nSPS) is 10.1. The molecule has 2 aromatic rings. The van der Waals surface area contributed by atoms with Crippen LogP contribution in [0, 0.1) is 4.77 Å². The van der Waals surface area contributed by atoms with Crippen LogP contribution in [0.25, 0.3) is 0 Å². The largest absolute Gasteiger partial charge is 0.535 e. The summed E-state index contributed by atoms with van der Waals surface area (Å²) in [5, 5.41) is 0. The molecule has 0 atom stereocenters.